The standard InChI is InChI=1S/C18H21NO4S/c1-14(20)15-4-6-16(7-5-15)17-8-10-18(11-9-17)24(21,22)19-12-3-13-23-2/h4-11,19H,3,12-13H2,1-2H3. The molecule has 0 aliphatic carbocycles. The van der Waals surface area contributed by atoms with Crippen molar-refractivity contribution in [2.75, 3.05) is 20.3 Å². The van der Waals surface area contributed by atoms with Crippen molar-refractivity contribution in [1.29, 1.82) is 0 Å². The van der Waals surface area contributed by atoms with Gasteiger partial charge in [0.2, 0.25) is 10.0 Å². The Morgan fingerprint density at radius 3 is 2.04 bits per heavy atom. The summed E-state index contributed by atoms with van der Waals surface area (Å²) < 4.78 is 31.8. The summed E-state index contributed by atoms with van der Waals surface area (Å²) in [6.45, 7) is 2.37. The fourth-order valence-corrected chi connectivity index (χ4v) is 3.30. The van der Waals surface area contributed by atoms with Gasteiger partial charge in [0.25, 0.3) is 0 Å². The Labute approximate surface area is 142 Å². The van der Waals surface area contributed by atoms with Crippen LogP contribution in [0.2, 0.25) is 0 Å². The van der Waals surface area contributed by atoms with Crippen molar-refractivity contribution in [1.82, 2.24) is 4.72 Å². The molecule has 2 rings (SSSR count). The maximum atomic E-state index is 12.2. The fraction of sp³-hybridized carbons (Fsp3) is 0.278. The molecule has 2 aromatic rings. The van der Waals surface area contributed by atoms with Crippen LogP contribution in [0.5, 0.6) is 0 Å². The highest BCUT2D eigenvalue weighted by atomic mass is 32.2. The van der Waals surface area contributed by atoms with E-state index in [1.54, 1.807) is 43.5 Å². The van der Waals surface area contributed by atoms with Gasteiger partial charge in [0.05, 0.1) is 4.90 Å². The van der Waals surface area contributed by atoms with Crippen LogP contribution in [0.4, 0.5) is 0 Å². The molecule has 0 aromatic heterocycles. The molecular formula is C18H21NO4S. The molecule has 0 amide bonds. The molecule has 128 valence electrons. The Morgan fingerprint density at radius 1 is 1.00 bits per heavy atom. The van der Waals surface area contributed by atoms with E-state index in [0.717, 1.165) is 11.1 Å². The molecule has 0 unspecified atom stereocenters. The minimum atomic E-state index is -3.51. The van der Waals surface area contributed by atoms with Crippen molar-refractivity contribution in [3.63, 3.8) is 0 Å². The Kier molecular flexibility index (Phi) is 6.25. The van der Waals surface area contributed by atoms with E-state index in [1.165, 1.54) is 6.92 Å². The maximum absolute atomic E-state index is 12.2. The molecule has 0 heterocycles. The first-order valence-electron chi connectivity index (χ1n) is 7.64. The number of sulfonamides is 1. The number of ether oxygens (including phenoxy) is 1. The van der Waals surface area contributed by atoms with Crippen molar-refractivity contribution in [3.8, 4) is 11.1 Å². The van der Waals surface area contributed by atoms with Gasteiger partial charge in [-0.05, 0) is 36.6 Å². The summed E-state index contributed by atoms with van der Waals surface area (Å²) in [5.41, 5.74) is 2.47. The van der Waals surface area contributed by atoms with Gasteiger partial charge in [-0.2, -0.15) is 0 Å². The Morgan fingerprint density at radius 2 is 1.54 bits per heavy atom. The van der Waals surface area contributed by atoms with E-state index in [1.807, 2.05) is 12.1 Å². The van der Waals surface area contributed by atoms with Crippen LogP contribution in [0.25, 0.3) is 11.1 Å². The second kappa shape index (κ2) is 8.19. The number of carbonyl (C=O) groups is 1. The molecule has 0 bridgehead atoms. The van der Waals surface area contributed by atoms with E-state index in [-0.39, 0.29) is 10.7 Å². The second-order valence-electron chi connectivity index (χ2n) is 5.40. The van der Waals surface area contributed by atoms with Crippen LogP contribution in [0.15, 0.2) is 53.4 Å². The molecule has 0 radical (unpaired) electrons. The Balaban J connectivity index is 2.10. The number of rotatable bonds is 8. The van der Waals surface area contributed by atoms with Crippen LogP contribution in [-0.4, -0.2) is 34.5 Å². The second-order valence-corrected chi connectivity index (χ2v) is 7.17. The van der Waals surface area contributed by atoms with E-state index < -0.39 is 10.0 Å². The van der Waals surface area contributed by atoms with Gasteiger partial charge >= 0.3 is 0 Å². The molecule has 1 N–H and O–H groups in total. The van der Waals surface area contributed by atoms with Gasteiger partial charge in [0.1, 0.15) is 0 Å². The lowest BCUT2D eigenvalue weighted by atomic mass is 10.0. The number of hydrogen-bond donors (Lipinski definition) is 1. The third kappa shape index (κ3) is 4.74. The highest BCUT2D eigenvalue weighted by Crippen LogP contribution is 2.22. The molecule has 0 fully saturated rings. The summed E-state index contributed by atoms with van der Waals surface area (Å²) in [5.74, 6) is 0.0162. The van der Waals surface area contributed by atoms with Gasteiger partial charge in [-0.3, -0.25) is 4.79 Å². The monoisotopic (exact) mass is 347 g/mol. The summed E-state index contributed by atoms with van der Waals surface area (Å²) in [6.07, 6.45) is 0.621. The van der Waals surface area contributed by atoms with E-state index in [4.69, 9.17) is 4.74 Å². The number of nitrogens with one attached hydrogen (secondary N) is 1. The van der Waals surface area contributed by atoms with Crippen molar-refractivity contribution >= 4 is 15.8 Å². The lowest BCUT2D eigenvalue weighted by Crippen LogP contribution is -2.25. The van der Waals surface area contributed by atoms with Gasteiger partial charge in [-0.1, -0.05) is 36.4 Å². The average molecular weight is 347 g/mol. The van der Waals surface area contributed by atoms with Crippen molar-refractivity contribution in [3.05, 3.63) is 54.1 Å². The maximum Gasteiger partial charge on any atom is 0.240 e. The van der Waals surface area contributed by atoms with Crippen molar-refractivity contribution < 1.29 is 17.9 Å². The van der Waals surface area contributed by atoms with Crippen LogP contribution in [0.3, 0.4) is 0 Å². The number of benzene rings is 2. The predicted molar refractivity (Wildman–Crippen MR) is 93.6 cm³/mol. The zero-order valence-corrected chi connectivity index (χ0v) is 14.6. The molecular weight excluding hydrogens is 326 g/mol. The first-order valence-corrected chi connectivity index (χ1v) is 9.12. The number of methoxy groups -OCH3 is 1. The topological polar surface area (TPSA) is 72.5 Å². The fourth-order valence-electron chi connectivity index (χ4n) is 2.23. The van der Waals surface area contributed by atoms with Crippen LogP contribution in [0.1, 0.15) is 23.7 Å². The third-order valence-electron chi connectivity index (χ3n) is 3.61. The lowest BCUT2D eigenvalue weighted by Gasteiger charge is -2.08. The molecule has 0 atom stereocenters. The lowest BCUT2D eigenvalue weighted by molar-refractivity contribution is 0.101. The van der Waals surface area contributed by atoms with Crippen LogP contribution < -0.4 is 4.72 Å². The normalized spacial score (nSPS) is 11.4. The van der Waals surface area contributed by atoms with Gasteiger partial charge in [0, 0.05) is 25.8 Å². The third-order valence-corrected chi connectivity index (χ3v) is 5.08. The summed E-state index contributed by atoms with van der Waals surface area (Å²) in [7, 11) is -1.93. The van der Waals surface area contributed by atoms with Crippen LogP contribution in [-0.2, 0) is 14.8 Å². The number of hydrogen-bond acceptors (Lipinski definition) is 4. The molecule has 0 aliphatic rings. The SMILES string of the molecule is COCCCNS(=O)(=O)c1ccc(-c2ccc(C(C)=O)cc2)cc1. The molecule has 0 saturated heterocycles. The van der Waals surface area contributed by atoms with E-state index >= 15 is 0 Å². The largest absolute Gasteiger partial charge is 0.385 e. The van der Waals surface area contributed by atoms with Gasteiger partial charge in [-0.25, -0.2) is 13.1 Å². The number of ketones is 1. The molecule has 2 aromatic carbocycles. The van der Waals surface area contributed by atoms with Crippen LogP contribution in [0, 0.1) is 0 Å². The zero-order chi connectivity index (χ0) is 17.6. The molecule has 5 nitrogen and oxygen atoms in total. The van der Waals surface area contributed by atoms with Gasteiger partial charge in [0.15, 0.2) is 5.78 Å². The zero-order valence-electron chi connectivity index (χ0n) is 13.8. The minimum absolute atomic E-state index is 0.0162. The van der Waals surface area contributed by atoms with Crippen molar-refractivity contribution in [2.24, 2.45) is 0 Å². The van der Waals surface area contributed by atoms with E-state index in [0.29, 0.717) is 25.1 Å². The molecule has 0 aliphatic heterocycles. The predicted octanol–water partition coefficient (Wildman–Crippen LogP) is 2.87. The number of carbonyl (C=O) groups excluding carboxylic acids is 1. The molecule has 0 spiro atoms. The smallest absolute Gasteiger partial charge is 0.240 e. The quantitative estimate of drug-likeness (QED) is 0.589. The summed E-state index contributed by atoms with van der Waals surface area (Å²) in [4.78, 5) is 11.5. The van der Waals surface area contributed by atoms with Gasteiger partial charge < -0.3 is 4.74 Å². The van der Waals surface area contributed by atoms with Crippen LogP contribution >= 0.6 is 0 Å². The summed E-state index contributed by atoms with van der Waals surface area (Å²) in [5, 5.41) is 0. The van der Waals surface area contributed by atoms with E-state index in [2.05, 4.69) is 4.72 Å². The first kappa shape index (κ1) is 18.3. The van der Waals surface area contributed by atoms with Gasteiger partial charge in [-0.15, -0.1) is 0 Å². The Hall–Kier alpha value is -2.02. The molecule has 24 heavy (non-hydrogen) atoms. The Bertz CT molecular complexity index is 781. The molecule has 6 heteroatoms. The highest BCUT2D eigenvalue weighted by Gasteiger charge is 2.13. The highest BCUT2D eigenvalue weighted by molar-refractivity contribution is 7.89. The summed E-state index contributed by atoms with van der Waals surface area (Å²) >= 11 is 0. The summed E-state index contributed by atoms with van der Waals surface area (Å²) in [6, 6.07) is 13.9. The number of Topliss-reactive ketones (excluding diaryl/α,β-unsaturated/α-hetero) is 1. The van der Waals surface area contributed by atoms with E-state index in [9.17, 15) is 13.2 Å². The first-order chi connectivity index (χ1) is 11.4. The minimum Gasteiger partial charge on any atom is -0.385 e. The average Bonchev–Trinajstić information content (AvgIpc) is 2.59. The van der Waals surface area contributed by atoms with Crippen molar-refractivity contribution in [2.45, 2.75) is 18.2 Å². The molecule has 0 saturated carbocycles.